The molecule has 0 aliphatic heterocycles. The summed E-state index contributed by atoms with van der Waals surface area (Å²) in [6.07, 6.45) is 11.3. The molecule has 0 spiro atoms. The number of hydrogen-bond donors (Lipinski definition) is 2. The van der Waals surface area contributed by atoms with Gasteiger partial charge in [0.2, 0.25) is 5.82 Å². The average molecular weight is 473 g/mol. The van der Waals surface area contributed by atoms with Gasteiger partial charge >= 0.3 is 5.97 Å². The number of thiocarbonyl (C=S) groups is 1. The number of hydrogen-bond acceptors (Lipinski definition) is 6. The van der Waals surface area contributed by atoms with Crippen LogP contribution in [0.3, 0.4) is 0 Å². The number of nitrogens with zero attached hydrogens (tertiary/aromatic N) is 2. The molecule has 1 aromatic carbocycles. The second kappa shape index (κ2) is 15.2. The Bertz CT molecular complexity index is 844. The van der Waals surface area contributed by atoms with Gasteiger partial charge in [-0.15, -0.1) is 0 Å². The van der Waals surface area contributed by atoms with Crippen LogP contribution in [0.2, 0.25) is 0 Å². The third-order valence-corrected chi connectivity index (χ3v) is 5.45. The molecule has 0 amide bonds. The summed E-state index contributed by atoms with van der Waals surface area (Å²) in [5.74, 6) is 0.864. The predicted molar refractivity (Wildman–Crippen MR) is 136 cm³/mol. The van der Waals surface area contributed by atoms with E-state index in [2.05, 4.69) is 41.4 Å². The van der Waals surface area contributed by atoms with Crippen LogP contribution in [-0.4, -0.2) is 34.2 Å². The molecule has 180 valence electrons. The molecule has 0 aliphatic rings. The number of benzene rings is 1. The lowest BCUT2D eigenvalue weighted by molar-refractivity contribution is 0.0721. The summed E-state index contributed by atoms with van der Waals surface area (Å²) < 4.78 is 11.0. The van der Waals surface area contributed by atoms with E-state index in [0.717, 1.165) is 31.5 Å². The first-order valence-corrected chi connectivity index (χ1v) is 12.2. The van der Waals surface area contributed by atoms with Crippen LogP contribution in [0.4, 0.5) is 5.69 Å². The molecular weight excluding hydrogens is 436 g/mol. The fourth-order valence-electron chi connectivity index (χ4n) is 2.91. The minimum Gasteiger partial charge on any atom is -0.490 e. The Morgan fingerprint density at radius 2 is 1.67 bits per heavy atom. The van der Waals surface area contributed by atoms with E-state index in [4.69, 9.17) is 21.7 Å². The van der Waals surface area contributed by atoms with E-state index in [1.165, 1.54) is 38.1 Å². The molecule has 0 bridgehead atoms. The molecule has 7 nitrogen and oxygen atoms in total. The van der Waals surface area contributed by atoms with Crippen LogP contribution >= 0.6 is 12.2 Å². The maximum atomic E-state index is 12.3. The summed E-state index contributed by atoms with van der Waals surface area (Å²) in [6.45, 7) is 7.96. The molecule has 0 fully saturated rings. The van der Waals surface area contributed by atoms with Crippen LogP contribution in [-0.2, 0) is 0 Å². The highest BCUT2D eigenvalue weighted by Gasteiger charge is 2.12. The maximum Gasteiger partial charge on any atom is 0.381 e. The zero-order chi connectivity index (χ0) is 23.9. The Kier molecular flexibility index (Phi) is 12.2. The van der Waals surface area contributed by atoms with Crippen LogP contribution in [0.1, 0.15) is 76.3 Å². The largest absolute Gasteiger partial charge is 0.490 e. The molecule has 1 unspecified atom stereocenters. The number of carbonyl (C=O) groups is 1. The lowest BCUT2D eigenvalue weighted by Gasteiger charge is -2.14. The van der Waals surface area contributed by atoms with Gasteiger partial charge in [-0.2, -0.15) is 0 Å². The smallest absolute Gasteiger partial charge is 0.381 e. The molecule has 0 aliphatic carbocycles. The molecular formula is C25H36N4O3S. The number of carbonyl (C=O) groups excluding carboxylic acids is 1. The summed E-state index contributed by atoms with van der Waals surface area (Å²) >= 11 is 5.30. The average Bonchev–Trinajstić information content (AvgIpc) is 2.83. The van der Waals surface area contributed by atoms with Gasteiger partial charge in [0.05, 0.1) is 19.0 Å². The molecule has 0 radical (unpaired) electrons. The lowest BCUT2D eigenvalue weighted by atomic mass is 10.1. The number of aromatic nitrogens is 2. The zero-order valence-electron chi connectivity index (χ0n) is 19.9. The Balaban J connectivity index is 1.74. The number of unbranched alkanes of at least 4 members (excludes halogenated alkanes) is 5. The molecule has 1 heterocycles. The van der Waals surface area contributed by atoms with Crippen molar-refractivity contribution in [1.29, 1.82) is 0 Å². The van der Waals surface area contributed by atoms with Gasteiger partial charge in [0.25, 0.3) is 0 Å². The van der Waals surface area contributed by atoms with Gasteiger partial charge in [-0.3, -0.25) is 0 Å². The second-order valence-electron chi connectivity index (χ2n) is 8.12. The second-order valence-corrected chi connectivity index (χ2v) is 8.53. The lowest BCUT2D eigenvalue weighted by Crippen LogP contribution is -2.31. The van der Waals surface area contributed by atoms with Crippen molar-refractivity contribution in [3.8, 4) is 11.5 Å². The van der Waals surface area contributed by atoms with Gasteiger partial charge in [-0.05, 0) is 48.8 Å². The van der Waals surface area contributed by atoms with Crippen molar-refractivity contribution < 1.29 is 14.3 Å². The summed E-state index contributed by atoms with van der Waals surface area (Å²) in [7, 11) is 0. The van der Waals surface area contributed by atoms with Crippen LogP contribution in [0.5, 0.6) is 11.5 Å². The number of anilines is 1. The van der Waals surface area contributed by atoms with Gasteiger partial charge in [0.15, 0.2) is 10.9 Å². The van der Waals surface area contributed by atoms with Crippen LogP contribution in [0.25, 0.3) is 0 Å². The zero-order valence-corrected chi connectivity index (χ0v) is 20.7. The predicted octanol–water partition coefficient (Wildman–Crippen LogP) is 5.77. The molecule has 33 heavy (non-hydrogen) atoms. The number of ether oxygens (including phenoxy) is 2. The normalized spacial score (nSPS) is 11.5. The molecule has 2 aromatic rings. The van der Waals surface area contributed by atoms with Gasteiger partial charge in [0, 0.05) is 12.2 Å². The highest BCUT2D eigenvalue weighted by Crippen LogP contribution is 2.17. The van der Waals surface area contributed by atoms with E-state index in [1.807, 2.05) is 0 Å². The van der Waals surface area contributed by atoms with E-state index in [9.17, 15) is 4.79 Å². The molecule has 2 rings (SSSR count). The van der Waals surface area contributed by atoms with Crippen molar-refractivity contribution in [2.24, 2.45) is 5.92 Å². The fraction of sp³-hybridized carbons (Fsp3) is 0.520. The van der Waals surface area contributed by atoms with Gasteiger partial charge in [0.1, 0.15) is 5.75 Å². The monoisotopic (exact) mass is 472 g/mol. The first-order chi connectivity index (χ1) is 16.0. The first kappa shape index (κ1) is 26.5. The topological polar surface area (TPSA) is 85.4 Å². The molecule has 1 aromatic heterocycles. The molecule has 0 saturated heterocycles. The molecule has 0 saturated carbocycles. The SMILES string of the molecule is CCCCCCCCOc1cnc(C(=O)Oc2ccc(NC(=S)NCC(C)CC)cc2)nc1. The Morgan fingerprint density at radius 3 is 2.33 bits per heavy atom. The third-order valence-electron chi connectivity index (χ3n) is 5.21. The highest BCUT2D eigenvalue weighted by atomic mass is 32.1. The van der Waals surface area contributed by atoms with E-state index >= 15 is 0 Å². The van der Waals surface area contributed by atoms with Crippen LogP contribution in [0.15, 0.2) is 36.7 Å². The van der Waals surface area contributed by atoms with Crippen molar-refractivity contribution in [1.82, 2.24) is 15.3 Å². The third kappa shape index (κ3) is 10.6. The minimum absolute atomic E-state index is 0.0143. The van der Waals surface area contributed by atoms with E-state index in [-0.39, 0.29) is 5.82 Å². The van der Waals surface area contributed by atoms with Gasteiger partial charge < -0.3 is 20.1 Å². The summed E-state index contributed by atoms with van der Waals surface area (Å²) in [5.41, 5.74) is 0.805. The fourth-order valence-corrected chi connectivity index (χ4v) is 3.12. The van der Waals surface area contributed by atoms with E-state index in [0.29, 0.717) is 29.1 Å². The Morgan fingerprint density at radius 1 is 1.00 bits per heavy atom. The molecule has 2 N–H and O–H groups in total. The van der Waals surface area contributed by atoms with E-state index in [1.54, 1.807) is 24.3 Å². The van der Waals surface area contributed by atoms with Crippen molar-refractivity contribution in [2.45, 2.75) is 65.7 Å². The molecule has 1 atom stereocenters. The minimum atomic E-state index is -0.621. The maximum absolute atomic E-state index is 12.3. The van der Waals surface area contributed by atoms with Crippen molar-refractivity contribution in [3.63, 3.8) is 0 Å². The van der Waals surface area contributed by atoms with E-state index < -0.39 is 5.97 Å². The Hall–Kier alpha value is -2.74. The van der Waals surface area contributed by atoms with Gasteiger partial charge in [-0.25, -0.2) is 14.8 Å². The first-order valence-electron chi connectivity index (χ1n) is 11.8. The quantitative estimate of drug-likeness (QED) is 0.155. The van der Waals surface area contributed by atoms with Crippen molar-refractivity contribution in [3.05, 3.63) is 42.5 Å². The van der Waals surface area contributed by atoms with Crippen molar-refractivity contribution in [2.75, 3.05) is 18.5 Å². The summed E-state index contributed by atoms with van der Waals surface area (Å²) in [6, 6.07) is 6.96. The highest BCUT2D eigenvalue weighted by molar-refractivity contribution is 7.80. The standard InChI is InChI=1S/C25H36N4O3S/c1-4-6-7-8-9-10-15-31-22-17-26-23(27-18-22)24(30)32-21-13-11-20(12-14-21)29-25(33)28-16-19(3)5-2/h11-14,17-19H,4-10,15-16H2,1-3H3,(H2,28,29,33). The van der Waals surface area contributed by atoms with Crippen LogP contribution in [0, 0.1) is 5.92 Å². The number of esters is 1. The number of nitrogens with one attached hydrogen (secondary N) is 2. The summed E-state index contributed by atoms with van der Waals surface area (Å²) in [5, 5.41) is 6.87. The number of rotatable bonds is 14. The summed E-state index contributed by atoms with van der Waals surface area (Å²) in [4.78, 5) is 20.4. The van der Waals surface area contributed by atoms with Crippen molar-refractivity contribution >= 4 is 29.0 Å². The molecule has 8 heteroatoms. The van der Waals surface area contributed by atoms with Gasteiger partial charge in [-0.1, -0.05) is 59.3 Å². The Labute approximate surface area is 202 Å². The van der Waals surface area contributed by atoms with Crippen LogP contribution < -0.4 is 20.1 Å².